The van der Waals surface area contributed by atoms with Crippen molar-refractivity contribution >= 4 is 12.0 Å². The van der Waals surface area contributed by atoms with Gasteiger partial charge in [-0.15, -0.1) is 0 Å². The Bertz CT molecular complexity index is 387. The van der Waals surface area contributed by atoms with Crippen LogP contribution in [0.4, 0.5) is 4.79 Å². The number of likely N-dealkylation sites (N-methyl/N-ethyl adjacent to an activating group) is 1. The van der Waals surface area contributed by atoms with Crippen molar-refractivity contribution in [2.45, 2.75) is 77.5 Å². The fourth-order valence-corrected chi connectivity index (χ4v) is 2.76. The molecule has 0 aromatic heterocycles. The quantitative estimate of drug-likeness (QED) is 0.785. The van der Waals surface area contributed by atoms with Gasteiger partial charge in [0.1, 0.15) is 11.6 Å². The van der Waals surface area contributed by atoms with Crippen molar-refractivity contribution in [1.29, 1.82) is 0 Å². The van der Waals surface area contributed by atoms with Gasteiger partial charge in [0, 0.05) is 19.1 Å². The van der Waals surface area contributed by atoms with E-state index in [0.717, 1.165) is 6.54 Å². The number of carbonyl (C=O) groups is 2. The largest absolute Gasteiger partial charge is 0.444 e. The van der Waals surface area contributed by atoms with E-state index in [1.54, 1.807) is 27.7 Å². The SMILES string of the molecule is CC(NC(=O)OC(C)(C)C)C(=O)NCCN(C)C1CCCCC1. The van der Waals surface area contributed by atoms with Crippen molar-refractivity contribution in [1.82, 2.24) is 15.5 Å². The lowest BCUT2D eigenvalue weighted by atomic mass is 9.94. The summed E-state index contributed by atoms with van der Waals surface area (Å²) in [5, 5.41) is 5.42. The molecule has 2 amide bonds. The van der Waals surface area contributed by atoms with Crippen LogP contribution in [0.5, 0.6) is 0 Å². The maximum atomic E-state index is 12.0. The Hall–Kier alpha value is -1.30. The molecule has 134 valence electrons. The van der Waals surface area contributed by atoms with E-state index >= 15 is 0 Å². The predicted octanol–water partition coefficient (Wildman–Crippen LogP) is 2.28. The molecule has 1 unspecified atom stereocenters. The van der Waals surface area contributed by atoms with Crippen LogP contribution in [-0.2, 0) is 9.53 Å². The average molecular weight is 327 g/mol. The first-order valence-corrected chi connectivity index (χ1v) is 8.66. The normalized spacial score (nSPS) is 17.7. The molecule has 1 aliphatic rings. The van der Waals surface area contributed by atoms with Crippen LogP contribution in [0.25, 0.3) is 0 Å². The third-order valence-electron chi connectivity index (χ3n) is 4.09. The van der Waals surface area contributed by atoms with Crippen molar-refractivity contribution in [2.75, 3.05) is 20.1 Å². The summed E-state index contributed by atoms with van der Waals surface area (Å²) >= 11 is 0. The molecule has 1 aliphatic carbocycles. The van der Waals surface area contributed by atoms with Gasteiger partial charge in [-0.2, -0.15) is 0 Å². The van der Waals surface area contributed by atoms with Crippen LogP contribution in [0.2, 0.25) is 0 Å². The summed E-state index contributed by atoms with van der Waals surface area (Å²) in [5.74, 6) is -0.187. The van der Waals surface area contributed by atoms with Crippen LogP contribution >= 0.6 is 0 Å². The number of rotatable bonds is 6. The number of nitrogens with one attached hydrogen (secondary N) is 2. The number of carbonyl (C=O) groups excluding carboxylic acids is 2. The maximum absolute atomic E-state index is 12.0. The number of hydrogen-bond acceptors (Lipinski definition) is 4. The molecule has 0 radical (unpaired) electrons. The van der Waals surface area contributed by atoms with Crippen molar-refractivity contribution < 1.29 is 14.3 Å². The van der Waals surface area contributed by atoms with Crippen molar-refractivity contribution in [2.24, 2.45) is 0 Å². The van der Waals surface area contributed by atoms with Gasteiger partial charge in [0.2, 0.25) is 5.91 Å². The van der Waals surface area contributed by atoms with E-state index in [1.807, 2.05) is 0 Å². The Kier molecular flexibility index (Phi) is 7.82. The summed E-state index contributed by atoms with van der Waals surface area (Å²) in [6.07, 6.45) is 5.88. The molecule has 1 rings (SSSR count). The first kappa shape index (κ1) is 19.7. The van der Waals surface area contributed by atoms with E-state index in [0.29, 0.717) is 12.6 Å². The smallest absolute Gasteiger partial charge is 0.408 e. The molecule has 0 saturated heterocycles. The van der Waals surface area contributed by atoms with Crippen LogP contribution < -0.4 is 10.6 Å². The average Bonchev–Trinajstić information content (AvgIpc) is 2.45. The van der Waals surface area contributed by atoms with Crippen LogP contribution in [0.15, 0.2) is 0 Å². The van der Waals surface area contributed by atoms with E-state index in [9.17, 15) is 9.59 Å². The zero-order valence-electron chi connectivity index (χ0n) is 15.3. The first-order valence-electron chi connectivity index (χ1n) is 8.66. The van der Waals surface area contributed by atoms with Crippen LogP contribution in [0.1, 0.15) is 59.8 Å². The molecule has 0 aromatic rings. The highest BCUT2D eigenvalue weighted by atomic mass is 16.6. The van der Waals surface area contributed by atoms with Gasteiger partial charge in [-0.3, -0.25) is 4.79 Å². The van der Waals surface area contributed by atoms with Crippen LogP contribution in [-0.4, -0.2) is 54.7 Å². The lowest BCUT2D eigenvalue weighted by molar-refractivity contribution is -0.122. The first-order chi connectivity index (χ1) is 10.7. The van der Waals surface area contributed by atoms with Crippen molar-refractivity contribution in [3.63, 3.8) is 0 Å². The molecule has 0 bridgehead atoms. The molecule has 6 nitrogen and oxygen atoms in total. The second-order valence-electron chi connectivity index (χ2n) is 7.43. The summed E-state index contributed by atoms with van der Waals surface area (Å²) in [6.45, 7) is 8.45. The Balaban J connectivity index is 2.23. The third kappa shape index (κ3) is 8.21. The highest BCUT2D eigenvalue weighted by Gasteiger charge is 2.21. The van der Waals surface area contributed by atoms with Gasteiger partial charge >= 0.3 is 6.09 Å². The highest BCUT2D eigenvalue weighted by molar-refractivity contribution is 5.85. The number of nitrogens with zero attached hydrogens (tertiary/aromatic N) is 1. The van der Waals surface area contributed by atoms with Crippen molar-refractivity contribution in [3.05, 3.63) is 0 Å². The molecule has 1 saturated carbocycles. The van der Waals surface area contributed by atoms with Gasteiger partial charge in [-0.05, 0) is 47.6 Å². The Labute approximate surface area is 140 Å². The fraction of sp³-hybridized carbons (Fsp3) is 0.882. The van der Waals surface area contributed by atoms with E-state index < -0.39 is 17.7 Å². The molecular weight excluding hydrogens is 294 g/mol. The minimum atomic E-state index is -0.607. The monoisotopic (exact) mass is 327 g/mol. The van der Waals surface area contributed by atoms with E-state index in [1.165, 1.54) is 32.1 Å². The number of hydrogen-bond donors (Lipinski definition) is 2. The summed E-state index contributed by atoms with van der Waals surface area (Å²) in [4.78, 5) is 26.0. The molecule has 0 spiro atoms. The highest BCUT2D eigenvalue weighted by Crippen LogP contribution is 2.21. The molecule has 6 heteroatoms. The number of amides is 2. The lowest BCUT2D eigenvalue weighted by Crippen LogP contribution is -2.48. The van der Waals surface area contributed by atoms with Gasteiger partial charge in [0.15, 0.2) is 0 Å². The van der Waals surface area contributed by atoms with Gasteiger partial charge in [-0.1, -0.05) is 19.3 Å². The zero-order valence-corrected chi connectivity index (χ0v) is 15.3. The second-order valence-corrected chi connectivity index (χ2v) is 7.43. The molecule has 0 heterocycles. The number of alkyl carbamates (subject to hydrolysis) is 1. The molecular formula is C17H33N3O3. The number of ether oxygens (including phenoxy) is 1. The molecule has 2 N–H and O–H groups in total. The summed E-state index contributed by atoms with van der Waals surface area (Å²) in [6, 6.07) is 0.0304. The summed E-state index contributed by atoms with van der Waals surface area (Å²) in [5.41, 5.74) is -0.566. The topological polar surface area (TPSA) is 70.7 Å². The molecule has 23 heavy (non-hydrogen) atoms. The maximum Gasteiger partial charge on any atom is 0.408 e. The van der Waals surface area contributed by atoms with E-state index in [2.05, 4.69) is 22.6 Å². The van der Waals surface area contributed by atoms with Gasteiger partial charge < -0.3 is 20.3 Å². The standard InChI is InChI=1S/C17H33N3O3/c1-13(19-16(22)23-17(2,3)4)15(21)18-11-12-20(5)14-9-7-6-8-10-14/h13-14H,6-12H2,1-5H3,(H,18,21)(H,19,22). The van der Waals surface area contributed by atoms with Gasteiger partial charge in [-0.25, -0.2) is 4.79 Å². The van der Waals surface area contributed by atoms with Crippen LogP contribution in [0.3, 0.4) is 0 Å². The zero-order chi connectivity index (χ0) is 17.5. The summed E-state index contributed by atoms with van der Waals surface area (Å²) in [7, 11) is 2.12. The van der Waals surface area contributed by atoms with Crippen LogP contribution in [0, 0.1) is 0 Å². The summed E-state index contributed by atoms with van der Waals surface area (Å²) < 4.78 is 5.14. The van der Waals surface area contributed by atoms with Crippen molar-refractivity contribution in [3.8, 4) is 0 Å². The van der Waals surface area contributed by atoms with E-state index in [4.69, 9.17) is 4.74 Å². The molecule has 0 aromatic carbocycles. The molecule has 0 aliphatic heterocycles. The third-order valence-corrected chi connectivity index (χ3v) is 4.09. The second kappa shape index (κ2) is 9.11. The minimum absolute atomic E-state index is 0.187. The molecule has 1 atom stereocenters. The predicted molar refractivity (Wildman–Crippen MR) is 91.3 cm³/mol. The Morgan fingerprint density at radius 3 is 2.39 bits per heavy atom. The van der Waals surface area contributed by atoms with E-state index in [-0.39, 0.29) is 5.91 Å². The van der Waals surface area contributed by atoms with Gasteiger partial charge in [0.25, 0.3) is 0 Å². The Morgan fingerprint density at radius 2 is 1.83 bits per heavy atom. The molecule has 1 fully saturated rings. The lowest BCUT2D eigenvalue weighted by Gasteiger charge is -2.31. The minimum Gasteiger partial charge on any atom is -0.444 e. The van der Waals surface area contributed by atoms with Gasteiger partial charge in [0.05, 0.1) is 0 Å². The Morgan fingerprint density at radius 1 is 1.22 bits per heavy atom. The fourth-order valence-electron chi connectivity index (χ4n) is 2.76.